The zero-order chi connectivity index (χ0) is 23.5. The Bertz CT molecular complexity index is 1100. The lowest BCUT2D eigenvalue weighted by atomic mass is 9.97. The van der Waals surface area contributed by atoms with Gasteiger partial charge in [0.15, 0.2) is 17.3 Å². The molecular formula is C26H30N2O5. The van der Waals surface area contributed by atoms with Crippen LogP contribution in [0.15, 0.2) is 53.1 Å². The highest BCUT2D eigenvalue weighted by Crippen LogP contribution is 2.40. The second kappa shape index (κ2) is 9.58. The molecule has 33 heavy (non-hydrogen) atoms. The van der Waals surface area contributed by atoms with Gasteiger partial charge in [0, 0.05) is 41.5 Å². The van der Waals surface area contributed by atoms with Crippen molar-refractivity contribution in [2.45, 2.75) is 12.5 Å². The molecule has 1 saturated heterocycles. The van der Waals surface area contributed by atoms with Gasteiger partial charge in [-0.25, -0.2) is 0 Å². The van der Waals surface area contributed by atoms with E-state index in [0.29, 0.717) is 40.2 Å². The zero-order valence-corrected chi connectivity index (χ0v) is 19.8. The van der Waals surface area contributed by atoms with E-state index in [1.54, 1.807) is 39.7 Å². The quantitative estimate of drug-likeness (QED) is 0.473. The third kappa shape index (κ3) is 4.41. The molecular weight excluding hydrogens is 420 g/mol. The first-order valence-electron chi connectivity index (χ1n) is 10.9. The molecule has 2 aromatic carbocycles. The average molecular weight is 451 g/mol. The number of ether oxygens (including phenoxy) is 3. The second-order valence-electron chi connectivity index (χ2n) is 8.30. The van der Waals surface area contributed by atoms with Gasteiger partial charge in [0.1, 0.15) is 5.76 Å². The molecule has 2 heterocycles. The van der Waals surface area contributed by atoms with Gasteiger partial charge < -0.3 is 28.4 Å². The van der Waals surface area contributed by atoms with E-state index in [1.165, 1.54) is 0 Å². The molecule has 7 heteroatoms. The van der Waals surface area contributed by atoms with Crippen molar-refractivity contribution in [3.8, 4) is 28.6 Å². The highest BCUT2D eigenvalue weighted by molar-refractivity contribution is 6.13. The van der Waals surface area contributed by atoms with Gasteiger partial charge >= 0.3 is 0 Å². The van der Waals surface area contributed by atoms with Gasteiger partial charge in [-0.2, -0.15) is 0 Å². The number of methoxy groups -OCH3 is 3. The Hall–Kier alpha value is -3.45. The zero-order valence-electron chi connectivity index (χ0n) is 19.8. The Morgan fingerprint density at radius 1 is 1.03 bits per heavy atom. The summed E-state index contributed by atoms with van der Waals surface area (Å²) in [4.78, 5) is 18.4. The molecule has 1 aliphatic heterocycles. The summed E-state index contributed by atoms with van der Waals surface area (Å²) in [5.41, 5.74) is 2.83. The predicted molar refractivity (Wildman–Crippen MR) is 128 cm³/mol. The number of nitrogens with zero attached hydrogens (tertiary/aromatic N) is 2. The van der Waals surface area contributed by atoms with Crippen LogP contribution in [0.2, 0.25) is 0 Å². The number of benzene rings is 2. The molecule has 0 N–H and O–H groups in total. The fraction of sp³-hybridized carbons (Fsp3) is 0.346. The highest BCUT2D eigenvalue weighted by Gasteiger charge is 2.28. The molecule has 174 valence electrons. The number of hydrogen-bond acceptors (Lipinski definition) is 7. The van der Waals surface area contributed by atoms with Crippen LogP contribution in [0.3, 0.4) is 0 Å². The Labute approximate surface area is 194 Å². The Balaban J connectivity index is 1.81. The largest absolute Gasteiger partial charge is 0.493 e. The molecule has 7 nitrogen and oxygen atoms in total. The summed E-state index contributed by atoms with van der Waals surface area (Å²) in [6.45, 7) is 1.75. The predicted octanol–water partition coefficient (Wildman–Crippen LogP) is 4.34. The van der Waals surface area contributed by atoms with E-state index in [1.807, 2.05) is 30.3 Å². The number of likely N-dealkylation sites (N-methyl/N-ethyl adjacent to an activating group) is 1. The van der Waals surface area contributed by atoms with Crippen LogP contribution in [0.4, 0.5) is 5.69 Å². The van der Waals surface area contributed by atoms with E-state index < -0.39 is 0 Å². The first-order chi connectivity index (χ1) is 16.0. The van der Waals surface area contributed by atoms with Crippen LogP contribution in [0.1, 0.15) is 22.3 Å². The maximum Gasteiger partial charge on any atom is 0.203 e. The lowest BCUT2D eigenvalue weighted by Crippen LogP contribution is -2.32. The molecule has 0 bridgehead atoms. The molecule has 0 amide bonds. The van der Waals surface area contributed by atoms with Gasteiger partial charge in [0.25, 0.3) is 0 Å². The van der Waals surface area contributed by atoms with Crippen molar-refractivity contribution in [2.24, 2.45) is 0 Å². The average Bonchev–Trinajstić information content (AvgIpc) is 3.55. The number of rotatable bonds is 8. The molecule has 1 aliphatic rings. The highest BCUT2D eigenvalue weighted by atomic mass is 16.5. The summed E-state index contributed by atoms with van der Waals surface area (Å²) < 4.78 is 21.9. The fourth-order valence-corrected chi connectivity index (χ4v) is 4.34. The standard InChI is InChI=1S/C26H30N2O5/c1-27(2)19-10-11-28(16-19)21-9-8-17(22-7-6-12-33-22)13-20(21)25(29)18-14-23(30-3)26(32-5)24(15-18)31-4/h6-9,12-15,19H,10-11,16H2,1-5H3. The summed E-state index contributed by atoms with van der Waals surface area (Å²) in [6, 6.07) is 13.5. The summed E-state index contributed by atoms with van der Waals surface area (Å²) >= 11 is 0. The minimum Gasteiger partial charge on any atom is -0.493 e. The van der Waals surface area contributed by atoms with Crippen LogP contribution < -0.4 is 19.1 Å². The van der Waals surface area contributed by atoms with Gasteiger partial charge in [-0.15, -0.1) is 0 Å². The molecule has 3 aromatic rings. The maximum atomic E-state index is 13.9. The van der Waals surface area contributed by atoms with Gasteiger partial charge in [0.05, 0.1) is 27.6 Å². The van der Waals surface area contributed by atoms with Crippen molar-refractivity contribution in [1.82, 2.24) is 4.90 Å². The SMILES string of the molecule is COc1cc(C(=O)c2cc(-c3ccco3)ccc2N2CCC(N(C)C)C2)cc(OC)c1OC. The monoisotopic (exact) mass is 450 g/mol. The van der Waals surface area contributed by atoms with Crippen molar-refractivity contribution < 1.29 is 23.4 Å². The second-order valence-corrected chi connectivity index (χ2v) is 8.30. The molecule has 4 rings (SSSR count). The Kier molecular flexibility index (Phi) is 6.60. The third-order valence-corrected chi connectivity index (χ3v) is 6.21. The van der Waals surface area contributed by atoms with E-state index in [9.17, 15) is 4.79 Å². The Morgan fingerprint density at radius 2 is 1.76 bits per heavy atom. The van der Waals surface area contributed by atoms with E-state index >= 15 is 0 Å². The number of anilines is 1. The molecule has 0 radical (unpaired) electrons. The topological polar surface area (TPSA) is 64.4 Å². The number of ketones is 1. The van der Waals surface area contributed by atoms with Crippen LogP contribution >= 0.6 is 0 Å². The molecule has 0 saturated carbocycles. The molecule has 0 aliphatic carbocycles. The minimum absolute atomic E-state index is 0.119. The van der Waals surface area contributed by atoms with Crippen molar-refractivity contribution in [2.75, 3.05) is 53.4 Å². The van der Waals surface area contributed by atoms with Crippen molar-refractivity contribution in [1.29, 1.82) is 0 Å². The van der Waals surface area contributed by atoms with Crippen LogP contribution in [0.25, 0.3) is 11.3 Å². The van der Waals surface area contributed by atoms with Crippen molar-refractivity contribution in [3.05, 3.63) is 59.9 Å². The number of hydrogen-bond donors (Lipinski definition) is 0. The molecule has 1 aromatic heterocycles. The van der Waals surface area contributed by atoms with Gasteiger partial charge in [-0.3, -0.25) is 4.79 Å². The lowest BCUT2D eigenvalue weighted by molar-refractivity contribution is 0.103. The number of carbonyl (C=O) groups excluding carboxylic acids is 1. The minimum atomic E-state index is -0.119. The first-order valence-corrected chi connectivity index (χ1v) is 10.9. The molecule has 1 atom stereocenters. The number of carbonyl (C=O) groups is 1. The first kappa shape index (κ1) is 22.7. The normalized spacial score (nSPS) is 15.7. The van der Waals surface area contributed by atoms with E-state index in [0.717, 1.165) is 30.8 Å². The van der Waals surface area contributed by atoms with E-state index in [4.69, 9.17) is 18.6 Å². The van der Waals surface area contributed by atoms with Crippen molar-refractivity contribution >= 4 is 11.5 Å². The van der Waals surface area contributed by atoms with Crippen LogP contribution in [-0.2, 0) is 0 Å². The Morgan fingerprint density at radius 3 is 2.30 bits per heavy atom. The lowest BCUT2D eigenvalue weighted by Gasteiger charge is -2.24. The van der Waals surface area contributed by atoms with Gasteiger partial charge in [0.2, 0.25) is 5.75 Å². The summed E-state index contributed by atoms with van der Waals surface area (Å²) in [6.07, 6.45) is 2.68. The number of furan rings is 1. The van der Waals surface area contributed by atoms with Gasteiger partial charge in [-0.1, -0.05) is 0 Å². The van der Waals surface area contributed by atoms with E-state index in [2.05, 4.69) is 23.9 Å². The molecule has 1 fully saturated rings. The van der Waals surface area contributed by atoms with Crippen LogP contribution in [0.5, 0.6) is 17.2 Å². The summed E-state index contributed by atoms with van der Waals surface area (Å²) in [5.74, 6) is 1.93. The van der Waals surface area contributed by atoms with Crippen LogP contribution in [-0.4, -0.2) is 65.2 Å². The molecule has 0 spiro atoms. The van der Waals surface area contributed by atoms with E-state index in [-0.39, 0.29) is 5.78 Å². The summed E-state index contributed by atoms with van der Waals surface area (Å²) in [7, 11) is 8.81. The smallest absolute Gasteiger partial charge is 0.203 e. The molecule has 1 unspecified atom stereocenters. The van der Waals surface area contributed by atoms with Gasteiger partial charge in [-0.05, 0) is 63.0 Å². The third-order valence-electron chi connectivity index (χ3n) is 6.21. The van der Waals surface area contributed by atoms with Crippen LogP contribution in [0, 0.1) is 0 Å². The maximum absolute atomic E-state index is 13.9. The fourth-order valence-electron chi connectivity index (χ4n) is 4.34. The summed E-state index contributed by atoms with van der Waals surface area (Å²) in [5, 5.41) is 0. The van der Waals surface area contributed by atoms with Crippen molar-refractivity contribution in [3.63, 3.8) is 0 Å².